The number of ether oxygens (including phenoxy) is 1. The zero-order valence-corrected chi connectivity index (χ0v) is 35.0. The van der Waals surface area contributed by atoms with Crippen LogP contribution in [0.3, 0.4) is 0 Å². The van der Waals surface area contributed by atoms with Crippen LogP contribution in [0.1, 0.15) is 46.4 Å². The van der Waals surface area contributed by atoms with Gasteiger partial charge in [-0.2, -0.15) is 5.10 Å². The molecule has 1 aliphatic carbocycles. The van der Waals surface area contributed by atoms with E-state index in [0.29, 0.717) is 55.6 Å². The molecule has 4 aromatic rings. The Balaban J connectivity index is 0.839. The maximum absolute atomic E-state index is 15.6. The number of nitrogens with one attached hydrogen (secondary N) is 3. The predicted molar refractivity (Wildman–Crippen MR) is 220 cm³/mol. The number of benzene rings is 2. The number of rotatable bonds is 14. The quantitative estimate of drug-likeness (QED) is 0.159. The third-order valence-electron chi connectivity index (χ3n) is 13.0. The van der Waals surface area contributed by atoms with Crippen molar-refractivity contribution < 1.29 is 37.2 Å². The van der Waals surface area contributed by atoms with Crippen LogP contribution in [0.5, 0.6) is 0 Å². The van der Waals surface area contributed by atoms with Crippen molar-refractivity contribution >= 4 is 40.8 Å². The van der Waals surface area contributed by atoms with Gasteiger partial charge >= 0.3 is 0 Å². The van der Waals surface area contributed by atoms with Crippen molar-refractivity contribution in [3.05, 3.63) is 76.5 Å². The second-order valence-electron chi connectivity index (χ2n) is 17.0. The smallest absolute Gasteiger partial charge is 0.291 e. The second kappa shape index (κ2) is 16.8. The van der Waals surface area contributed by atoms with Crippen LogP contribution in [0.15, 0.2) is 42.7 Å². The molecular weight excluding hydrogens is 796 g/mol. The molecule has 1 unspecified atom stereocenters. The van der Waals surface area contributed by atoms with Crippen molar-refractivity contribution in [2.75, 3.05) is 71.4 Å². The number of aromatic nitrogens is 4. The molecule has 3 atom stereocenters. The van der Waals surface area contributed by atoms with E-state index in [1.54, 1.807) is 31.7 Å². The summed E-state index contributed by atoms with van der Waals surface area (Å²) in [5, 5.41) is 13.5. The number of methoxy groups -OCH3 is 1. The van der Waals surface area contributed by atoms with Gasteiger partial charge in [0.05, 0.1) is 61.5 Å². The topological polar surface area (TPSA) is 152 Å². The summed E-state index contributed by atoms with van der Waals surface area (Å²) < 4.78 is 40.0. The Morgan fingerprint density at radius 3 is 2.33 bits per heavy atom. The Morgan fingerprint density at radius 2 is 1.68 bits per heavy atom. The van der Waals surface area contributed by atoms with E-state index in [9.17, 15) is 19.2 Å². The maximum Gasteiger partial charge on any atom is 0.291 e. The first-order valence-corrected chi connectivity index (χ1v) is 20.9. The number of carbonyl (C=O) groups is 4. The molecule has 1 saturated carbocycles. The van der Waals surface area contributed by atoms with Gasteiger partial charge in [-0.3, -0.25) is 23.9 Å². The Hall–Kier alpha value is -5.03. The number of imidazole rings is 1. The average molecular weight is 847 g/mol. The Bertz CT molecular complexity index is 2320. The monoisotopic (exact) mass is 846 g/mol. The summed E-state index contributed by atoms with van der Waals surface area (Å²) in [4.78, 5) is 58.5. The van der Waals surface area contributed by atoms with Crippen molar-refractivity contribution in [2.24, 2.45) is 30.7 Å². The minimum atomic E-state index is -1.09. The van der Waals surface area contributed by atoms with Gasteiger partial charge in [-0.05, 0) is 31.2 Å². The molecule has 3 aliphatic heterocycles. The largest absolute Gasteiger partial charge is 0.383 e. The third kappa shape index (κ3) is 8.09. The summed E-state index contributed by atoms with van der Waals surface area (Å²) in [5.41, 5.74) is 1.87. The number of likely N-dealkylation sites (tertiary alicyclic amines) is 2. The predicted octanol–water partition coefficient (Wildman–Crippen LogP) is 4.31. The summed E-state index contributed by atoms with van der Waals surface area (Å²) in [7, 11) is 3.10. The Morgan fingerprint density at radius 1 is 0.983 bits per heavy atom. The number of hydrogen-bond donors (Lipinski definition) is 3. The van der Waals surface area contributed by atoms with Crippen molar-refractivity contribution in [1.82, 2.24) is 34.9 Å². The van der Waals surface area contributed by atoms with E-state index in [4.69, 9.17) is 16.3 Å². The first-order chi connectivity index (χ1) is 28.8. The second-order valence-corrected chi connectivity index (χ2v) is 17.4. The molecule has 0 radical (unpaired) electrons. The minimum Gasteiger partial charge on any atom is -0.383 e. The van der Waals surface area contributed by atoms with Gasteiger partial charge in [-0.1, -0.05) is 17.7 Å². The molecule has 2 aromatic heterocycles. The molecule has 4 aliphatic rings. The minimum absolute atomic E-state index is 0.0327. The van der Waals surface area contributed by atoms with Crippen LogP contribution in [-0.4, -0.2) is 124 Å². The van der Waals surface area contributed by atoms with Gasteiger partial charge in [-0.25, -0.2) is 13.8 Å². The molecule has 14 nitrogen and oxygen atoms in total. The van der Waals surface area contributed by atoms with E-state index in [1.165, 1.54) is 48.3 Å². The van der Waals surface area contributed by atoms with Gasteiger partial charge < -0.3 is 34.6 Å². The van der Waals surface area contributed by atoms with Gasteiger partial charge in [0.15, 0.2) is 23.2 Å². The molecule has 3 N–H and O–H groups in total. The summed E-state index contributed by atoms with van der Waals surface area (Å²) in [6.45, 7) is 10.8. The lowest BCUT2D eigenvalue weighted by Gasteiger charge is -2.46. The lowest BCUT2D eigenvalue weighted by Crippen LogP contribution is -2.62. The molecule has 0 bridgehead atoms. The van der Waals surface area contributed by atoms with E-state index in [-0.39, 0.29) is 74.6 Å². The summed E-state index contributed by atoms with van der Waals surface area (Å²) >= 11 is 6.56. The molecule has 17 heteroatoms. The fraction of sp³-hybridized carbons (Fsp3) is 0.488. The number of hydrogen-bond acceptors (Lipinski definition) is 8. The lowest BCUT2D eigenvalue weighted by molar-refractivity contribution is -0.929. The highest BCUT2D eigenvalue weighted by atomic mass is 35.5. The zero-order valence-electron chi connectivity index (χ0n) is 34.3. The number of Topliss-reactive ketones (excluding diaryl/α,β-unsaturated/α-hetero) is 1. The van der Waals surface area contributed by atoms with Gasteiger partial charge in [0.1, 0.15) is 6.54 Å². The van der Waals surface area contributed by atoms with Gasteiger partial charge in [-0.15, -0.1) is 0 Å². The molecule has 0 spiro atoms. The van der Waals surface area contributed by atoms with Crippen LogP contribution < -0.4 is 16.0 Å². The molecule has 3 amide bonds. The van der Waals surface area contributed by atoms with Crippen LogP contribution in [0, 0.1) is 42.2 Å². The van der Waals surface area contributed by atoms with Crippen LogP contribution in [-0.2, 0) is 27.9 Å². The van der Waals surface area contributed by atoms with Crippen LogP contribution in [0.25, 0.3) is 22.4 Å². The normalized spacial score (nSPS) is 23.6. The van der Waals surface area contributed by atoms with Crippen molar-refractivity contribution in [1.29, 1.82) is 0 Å². The van der Waals surface area contributed by atoms with Crippen LogP contribution in [0.2, 0.25) is 5.02 Å². The molecule has 60 heavy (non-hydrogen) atoms. The van der Waals surface area contributed by atoms with Crippen molar-refractivity contribution in [3.8, 4) is 22.4 Å². The first-order valence-electron chi connectivity index (χ1n) is 20.5. The number of amides is 3. The fourth-order valence-electron chi connectivity index (χ4n) is 9.58. The summed E-state index contributed by atoms with van der Waals surface area (Å²) in [5.74, 6) is -1.83. The highest BCUT2D eigenvalue weighted by molar-refractivity contribution is 6.34. The van der Waals surface area contributed by atoms with E-state index >= 15 is 8.78 Å². The Kier molecular flexibility index (Phi) is 11.7. The van der Waals surface area contributed by atoms with E-state index in [0.717, 1.165) is 50.0 Å². The van der Waals surface area contributed by atoms with E-state index in [1.807, 2.05) is 4.90 Å². The molecule has 4 fully saturated rings. The molecule has 318 valence electrons. The molecule has 2 aromatic carbocycles. The standard InChI is InChI=1S/C43H50ClF2N9O5/c1-24(56)22-55(23-26-16-47-17-26)12-9-27(10-13-55)43(59)53-20-33-34(21-53)39(33)51-41(57)30-6-5-28(15-35(30)44)50-42(58)40-48-19-36(52(40)3)31-8-7-29(37(45)38(31)46)32-18-49-54(25(32)2)11-14-60-4/h5-8,15,18-19,26-27,33-34,39,47H,9-14,16-17,20-23H2,1-4H3,(H-,50,51,57,58)/p+1/t27?,33-,34+,39?,55?. The van der Waals surface area contributed by atoms with Gasteiger partial charge in [0.25, 0.3) is 11.8 Å². The molecular formula is C43H51ClF2N9O5+. The number of quaternary nitrogens is 1. The van der Waals surface area contributed by atoms with Crippen molar-refractivity contribution in [2.45, 2.75) is 39.3 Å². The maximum atomic E-state index is 15.6. The highest BCUT2D eigenvalue weighted by Crippen LogP contribution is 2.46. The van der Waals surface area contributed by atoms with Crippen LogP contribution in [0.4, 0.5) is 14.5 Å². The molecule has 3 saturated heterocycles. The SMILES string of the molecule is COCCn1ncc(-c2ccc(-c3cnc(C(=O)Nc4ccc(C(=O)NC5[C@H]6CN(C(=O)C7CC[N+](CC(C)=O)(CC8CNC8)CC7)C[C@@H]56)c(Cl)c4)n3C)c(F)c2F)c1C. The number of fused-ring (bicyclic) bond motifs is 1. The van der Waals surface area contributed by atoms with Crippen molar-refractivity contribution in [3.63, 3.8) is 0 Å². The lowest BCUT2D eigenvalue weighted by atomic mass is 9.90. The van der Waals surface area contributed by atoms with Gasteiger partial charge in [0, 0.05) is 118 Å². The third-order valence-corrected chi connectivity index (χ3v) is 13.4. The van der Waals surface area contributed by atoms with E-state index < -0.39 is 17.5 Å². The number of carbonyl (C=O) groups excluding carboxylic acids is 4. The Labute approximate surface area is 352 Å². The first kappa shape index (κ1) is 41.7. The number of ketones is 1. The highest BCUT2D eigenvalue weighted by Gasteiger charge is 2.58. The van der Waals surface area contributed by atoms with E-state index in [2.05, 4.69) is 26.0 Å². The summed E-state index contributed by atoms with van der Waals surface area (Å²) in [6, 6.07) is 7.42. The fourth-order valence-corrected chi connectivity index (χ4v) is 9.84. The number of anilines is 1. The molecule has 8 rings (SSSR count). The molecule has 5 heterocycles. The number of nitrogens with zero attached hydrogens (tertiary/aromatic N) is 6. The average Bonchev–Trinajstić information content (AvgIpc) is 3.55. The number of piperidine rings is 2. The zero-order chi connectivity index (χ0) is 42.5. The van der Waals surface area contributed by atoms with Gasteiger partial charge in [0.2, 0.25) is 5.91 Å². The number of halogens is 3. The summed E-state index contributed by atoms with van der Waals surface area (Å²) in [6.07, 6.45) is 4.37. The van der Waals surface area contributed by atoms with Crippen LogP contribution >= 0.6 is 11.6 Å².